The lowest BCUT2D eigenvalue weighted by Crippen LogP contribution is -2.51. The number of nitrogens with one attached hydrogen (secondary N) is 1. The highest BCUT2D eigenvalue weighted by Gasteiger charge is 2.54. The summed E-state index contributed by atoms with van der Waals surface area (Å²) in [6.45, 7) is 4.23. The van der Waals surface area contributed by atoms with Gasteiger partial charge in [0.25, 0.3) is 0 Å². The molecule has 7 aliphatic rings. The van der Waals surface area contributed by atoms with Gasteiger partial charge < -0.3 is 46.1 Å². The number of ether oxygens (including phenoxy) is 2. The molecule has 11 nitrogen and oxygen atoms in total. The topological polar surface area (TPSA) is 187 Å². The largest absolute Gasteiger partial charge is 0.508 e. The molecule has 10 rings (SSSR count). The lowest BCUT2D eigenvalue weighted by atomic mass is 9.51. The molecule has 0 amide bonds. The summed E-state index contributed by atoms with van der Waals surface area (Å²) in [5.74, 6) is 7.44. The maximum Gasteiger partial charge on any atom is 0.189 e. The van der Waals surface area contributed by atoms with E-state index in [9.17, 15) is 30.3 Å². The second-order valence-electron chi connectivity index (χ2n) is 23.6. The predicted molar refractivity (Wildman–Crippen MR) is 289 cm³/mol. The van der Waals surface area contributed by atoms with Gasteiger partial charge in [-0.3, -0.25) is 4.79 Å². The van der Waals surface area contributed by atoms with Gasteiger partial charge in [0.05, 0.1) is 37.5 Å². The van der Waals surface area contributed by atoms with Crippen LogP contribution in [0, 0.1) is 46.8 Å². The van der Waals surface area contributed by atoms with Crippen molar-refractivity contribution in [2.75, 3.05) is 33.5 Å². The number of aliphatic hydroxyl groups excluding tert-OH is 3. The van der Waals surface area contributed by atoms with Gasteiger partial charge in [-0.15, -0.1) is 0 Å². The number of aliphatic imine (C=N–C) groups is 1. The summed E-state index contributed by atoms with van der Waals surface area (Å²) in [6.07, 6.45) is 16.6. The Hall–Kier alpha value is -5.12. The van der Waals surface area contributed by atoms with Crippen molar-refractivity contribution in [3.63, 3.8) is 0 Å². The summed E-state index contributed by atoms with van der Waals surface area (Å²) in [6, 6.07) is 16.4. The molecule has 0 aromatic heterocycles. The Morgan fingerprint density at radius 2 is 1.78 bits per heavy atom. The molecular formula is C63H81N3O8. The highest BCUT2D eigenvalue weighted by Crippen LogP contribution is 2.62. The number of aryl methyl sites for hydroxylation is 1. The first-order chi connectivity index (χ1) is 35.9. The van der Waals surface area contributed by atoms with Crippen molar-refractivity contribution in [2.24, 2.45) is 45.7 Å². The van der Waals surface area contributed by atoms with Crippen LogP contribution in [-0.2, 0) is 27.9 Å². The number of ketones is 1. The number of nitrogens with two attached hydrogens (primary N) is 1. The average molecular weight is 1010 g/mol. The number of allylic oxidation sites excluding steroid dienone is 2. The van der Waals surface area contributed by atoms with E-state index in [0.29, 0.717) is 66.9 Å². The molecule has 74 heavy (non-hydrogen) atoms. The maximum absolute atomic E-state index is 14.6. The van der Waals surface area contributed by atoms with E-state index in [0.717, 1.165) is 105 Å². The molecule has 1 aliphatic heterocycles. The molecule has 3 aromatic carbocycles. The number of phenolic OH excluding ortho intramolecular Hbond substituents is 2. The monoisotopic (exact) mass is 1010 g/mol. The highest BCUT2D eigenvalue weighted by atomic mass is 16.5. The molecule has 3 saturated carbocycles. The fraction of sp³-hybridized carbons (Fsp3) is 0.587. The second-order valence-corrected chi connectivity index (χ2v) is 23.6. The third kappa shape index (κ3) is 10.2. The van der Waals surface area contributed by atoms with Crippen LogP contribution in [-0.4, -0.2) is 83.0 Å². The number of nitrogens with zero attached hydrogens (tertiary/aromatic N) is 1. The van der Waals surface area contributed by atoms with Crippen LogP contribution in [0.2, 0.25) is 0 Å². The van der Waals surface area contributed by atoms with Crippen molar-refractivity contribution in [1.29, 1.82) is 0 Å². The maximum atomic E-state index is 14.6. The number of rotatable bonds is 12. The number of fused-ring (bicyclic) bond motifs is 11. The van der Waals surface area contributed by atoms with Crippen molar-refractivity contribution >= 4 is 11.7 Å². The van der Waals surface area contributed by atoms with Crippen molar-refractivity contribution in [2.45, 2.75) is 165 Å². The molecule has 8 bridgehead atoms. The van der Waals surface area contributed by atoms with Crippen LogP contribution in [0.4, 0.5) is 0 Å². The summed E-state index contributed by atoms with van der Waals surface area (Å²) in [5, 5.41) is 61.9. The smallest absolute Gasteiger partial charge is 0.189 e. The molecule has 11 heteroatoms. The van der Waals surface area contributed by atoms with E-state index >= 15 is 0 Å². The number of aromatic hydroxyl groups is 2. The molecule has 396 valence electrons. The highest BCUT2D eigenvalue weighted by molar-refractivity contribution is 5.96. The van der Waals surface area contributed by atoms with Gasteiger partial charge in [-0.05, 0) is 171 Å². The van der Waals surface area contributed by atoms with E-state index in [4.69, 9.17) is 20.2 Å². The molecule has 1 spiro atoms. The number of carbonyl (C=O) groups is 1. The third-order valence-corrected chi connectivity index (χ3v) is 19.0. The Morgan fingerprint density at radius 1 is 0.973 bits per heavy atom. The number of Topliss-reactive ketones (excluding diaryl/α,β-unsaturated/α-hetero) is 1. The molecule has 6 aliphatic carbocycles. The van der Waals surface area contributed by atoms with Crippen LogP contribution in [0.15, 0.2) is 76.3 Å². The molecule has 3 fully saturated rings. The van der Waals surface area contributed by atoms with Crippen molar-refractivity contribution < 1.29 is 39.8 Å². The van der Waals surface area contributed by atoms with E-state index in [-0.39, 0.29) is 91.7 Å². The number of aliphatic hydroxyl groups is 3. The van der Waals surface area contributed by atoms with Gasteiger partial charge in [-0.1, -0.05) is 86.9 Å². The van der Waals surface area contributed by atoms with E-state index in [1.807, 2.05) is 18.2 Å². The van der Waals surface area contributed by atoms with Crippen LogP contribution in [0.3, 0.4) is 0 Å². The van der Waals surface area contributed by atoms with Crippen LogP contribution in [0.1, 0.15) is 174 Å². The van der Waals surface area contributed by atoms with Gasteiger partial charge in [-0.2, -0.15) is 0 Å². The normalized spacial score (nSPS) is 29.6. The number of phenols is 2. The summed E-state index contributed by atoms with van der Waals surface area (Å²) >= 11 is 0. The van der Waals surface area contributed by atoms with E-state index in [1.54, 1.807) is 7.11 Å². The Kier molecular flexibility index (Phi) is 15.7. The summed E-state index contributed by atoms with van der Waals surface area (Å²) < 4.78 is 13.2. The van der Waals surface area contributed by atoms with Gasteiger partial charge in [0.2, 0.25) is 0 Å². The molecule has 8 N–H and O–H groups in total. The third-order valence-electron chi connectivity index (χ3n) is 19.0. The van der Waals surface area contributed by atoms with Crippen molar-refractivity contribution in [3.8, 4) is 29.1 Å². The minimum Gasteiger partial charge on any atom is -0.508 e. The molecule has 0 radical (unpaired) electrons. The molecule has 0 unspecified atom stereocenters. The zero-order valence-electron chi connectivity index (χ0n) is 44.1. The second kappa shape index (κ2) is 22.2. The minimum absolute atomic E-state index is 0.00662. The number of guanidine groups is 1. The Morgan fingerprint density at radius 3 is 2.53 bits per heavy atom. The quantitative estimate of drug-likeness (QED) is 0.0680. The zero-order chi connectivity index (χ0) is 51.7. The summed E-state index contributed by atoms with van der Waals surface area (Å²) in [7, 11) is 1.71. The fourth-order valence-corrected chi connectivity index (χ4v) is 15.5. The standard InChI is InChI=1S/C63H81N3O8/c1-4-48-42(34-67)18-20-50(54(48)35-68)56(71)21-19-41-31-57(74-47-15-6-7-16-47)60(72)59-49(41)17-11-14-45-32-62(37-69)33-53-51(24-38(2)25-52(53)58(59)55(62)36-73-3)43-27-40(29-46(70)30-43)26-39-12-10-13-44(28-39)63(66-61(64)65-45)22-8-5-9-23-63/h10,12-13,27-31,33,38,42,45,47-48,51-52,55,58,67-70,72H,4-9,14-16,18-26,32,34-37H2,1-3H3,(H3,64,65,66)/t38-,42-,45-,48-,51-,52-,55+,58-,62+/m0/s1. The van der Waals surface area contributed by atoms with Gasteiger partial charge in [0, 0.05) is 60.9 Å². The zero-order valence-corrected chi connectivity index (χ0v) is 44.1. The molecule has 9 atom stereocenters. The molecule has 3 aromatic rings. The Balaban J connectivity index is 1.20. The number of methoxy groups -OCH3 is 1. The van der Waals surface area contributed by atoms with Crippen LogP contribution in [0.5, 0.6) is 17.2 Å². The first kappa shape index (κ1) is 52.3. The minimum atomic E-state index is -0.917. The van der Waals surface area contributed by atoms with Gasteiger partial charge in [0.1, 0.15) is 5.75 Å². The number of benzene rings is 3. The van der Waals surface area contributed by atoms with Crippen LogP contribution in [0.25, 0.3) is 0 Å². The molecule has 1 heterocycles. The molecular weight excluding hydrogens is 927 g/mol. The van der Waals surface area contributed by atoms with Gasteiger partial charge >= 0.3 is 0 Å². The SMILES string of the molecule is CC[C@@H]1C(CO)=C(C(=O)CCc2cc(OC3CCCC3)c(O)c3c2C#CC[C@H]2C[C@]4(CO)C=C5[C@@H](C[C@H](C)C[C@@H]5[C@H]3[C@H]4COC)c3cc(O)cc(c3)Cc3cccc(c3)C3(CCCCC3)NC(N)=N2)CC[C@H]1CO. The fourth-order valence-electron chi connectivity index (χ4n) is 15.5. The number of hydrogen-bond donors (Lipinski definition) is 7. The first-order valence-electron chi connectivity index (χ1n) is 28.3. The van der Waals surface area contributed by atoms with E-state index < -0.39 is 22.9 Å². The number of carbonyl (C=O) groups excluding carboxylic acids is 1. The molecule has 0 saturated heterocycles. The lowest BCUT2D eigenvalue weighted by molar-refractivity contribution is -0.116. The van der Waals surface area contributed by atoms with Crippen LogP contribution >= 0.6 is 0 Å². The van der Waals surface area contributed by atoms with Crippen molar-refractivity contribution in [1.82, 2.24) is 5.32 Å². The lowest BCUT2D eigenvalue weighted by Gasteiger charge is -2.54. The Labute approximate surface area is 439 Å². The van der Waals surface area contributed by atoms with Gasteiger partial charge in [-0.25, -0.2) is 4.99 Å². The average Bonchev–Trinajstić information content (AvgIpc) is 3.92. The Bertz CT molecular complexity index is 2720. The van der Waals surface area contributed by atoms with Crippen LogP contribution < -0.4 is 15.8 Å². The van der Waals surface area contributed by atoms with Gasteiger partial charge in [0.15, 0.2) is 23.2 Å². The van der Waals surface area contributed by atoms with E-state index in [2.05, 4.69) is 67.4 Å². The first-order valence-corrected chi connectivity index (χ1v) is 28.3. The van der Waals surface area contributed by atoms with E-state index in [1.165, 1.54) is 11.1 Å². The summed E-state index contributed by atoms with van der Waals surface area (Å²) in [5.41, 5.74) is 15.0. The van der Waals surface area contributed by atoms with Crippen molar-refractivity contribution in [3.05, 3.63) is 110 Å². The number of hydrogen-bond acceptors (Lipinski definition) is 11. The summed E-state index contributed by atoms with van der Waals surface area (Å²) in [4.78, 5) is 20.0. The predicted octanol–water partition coefficient (Wildman–Crippen LogP) is 9.92.